The molecule has 1 aliphatic rings. The van der Waals surface area contributed by atoms with E-state index in [0.29, 0.717) is 6.04 Å². The van der Waals surface area contributed by atoms with Gasteiger partial charge >= 0.3 is 5.97 Å². The van der Waals surface area contributed by atoms with Crippen LogP contribution in [0.2, 0.25) is 0 Å². The molecule has 0 saturated heterocycles. The largest absolute Gasteiger partial charge is 0.480 e. The third kappa shape index (κ3) is 3.30. The molecule has 0 aromatic carbocycles. The Bertz CT molecular complexity index is 169. The van der Waals surface area contributed by atoms with Gasteiger partial charge < -0.3 is 5.11 Å². The first-order valence-corrected chi connectivity index (χ1v) is 4.76. The Balaban J connectivity index is 2.39. The van der Waals surface area contributed by atoms with Crippen LogP contribution in [-0.4, -0.2) is 41.8 Å². The number of alkyl halides is 1. The lowest BCUT2D eigenvalue weighted by Crippen LogP contribution is -2.38. The van der Waals surface area contributed by atoms with Gasteiger partial charge in [0.15, 0.2) is 0 Å². The second-order valence-corrected chi connectivity index (χ2v) is 3.49. The lowest BCUT2D eigenvalue weighted by molar-refractivity contribution is -0.138. The van der Waals surface area contributed by atoms with Gasteiger partial charge in [0.2, 0.25) is 0 Å². The van der Waals surface area contributed by atoms with Crippen molar-refractivity contribution in [3.63, 3.8) is 0 Å². The first-order valence-electron chi connectivity index (χ1n) is 4.76. The number of carbonyl (C=O) groups is 1. The first kappa shape index (κ1) is 10.4. The van der Waals surface area contributed by atoms with Gasteiger partial charge in [-0.05, 0) is 12.8 Å². The normalized spacial score (nSPS) is 18.3. The molecule has 76 valence electrons. The molecule has 13 heavy (non-hydrogen) atoms. The van der Waals surface area contributed by atoms with Gasteiger partial charge in [-0.25, -0.2) is 4.39 Å². The van der Waals surface area contributed by atoms with Crippen LogP contribution in [0, 0.1) is 0 Å². The fraction of sp³-hybridized carbons (Fsp3) is 0.889. The Morgan fingerprint density at radius 1 is 1.46 bits per heavy atom. The lowest BCUT2D eigenvalue weighted by atomic mass is 10.2. The van der Waals surface area contributed by atoms with Crippen LogP contribution >= 0.6 is 0 Å². The van der Waals surface area contributed by atoms with Crippen LogP contribution < -0.4 is 0 Å². The number of halogens is 1. The molecule has 1 aliphatic carbocycles. The average Bonchev–Trinajstić information content (AvgIpc) is 2.54. The molecule has 0 aromatic rings. The van der Waals surface area contributed by atoms with Crippen LogP contribution in [0.25, 0.3) is 0 Å². The van der Waals surface area contributed by atoms with Crippen molar-refractivity contribution < 1.29 is 14.3 Å². The summed E-state index contributed by atoms with van der Waals surface area (Å²) in [5, 5.41) is 8.61. The van der Waals surface area contributed by atoms with Crippen LogP contribution in [0.1, 0.15) is 25.7 Å². The number of nitrogens with zero attached hydrogens (tertiary/aromatic N) is 1. The molecule has 1 saturated carbocycles. The van der Waals surface area contributed by atoms with Gasteiger partial charge in [-0.2, -0.15) is 0 Å². The number of carboxylic acid groups (broad SMARTS) is 1. The second-order valence-electron chi connectivity index (χ2n) is 3.49. The van der Waals surface area contributed by atoms with E-state index in [2.05, 4.69) is 0 Å². The summed E-state index contributed by atoms with van der Waals surface area (Å²) in [6.45, 7) is -0.213. The monoisotopic (exact) mass is 189 g/mol. The van der Waals surface area contributed by atoms with Crippen molar-refractivity contribution in [2.75, 3.05) is 19.8 Å². The summed E-state index contributed by atoms with van der Waals surface area (Å²) >= 11 is 0. The molecule has 0 atom stereocenters. The van der Waals surface area contributed by atoms with E-state index in [1.54, 1.807) is 4.90 Å². The maximum atomic E-state index is 12.1. The molecule has 1 fully saturated rings. The van der Waals surface area contributed by atoms with Gasteiger partial charge in [0.25, 0.3) is 0 Å². The maximum Gasteiger partial charge on any atom is 0.317 e. The van der Waals surface area contributed by atoms with Gasteiger partial charge in [-0.15, -0.1) is 0 Å². The highest BCUT2D eigenvalue weighted by molar-refractivity contribution is 5.69. The minimum absolute atomic E-state index is 0.0193. The molecule has 4 heteroatoms. The Labute approximate surface area is 77.5 Å². The van der Waals surface area contributed by atoms with Crippen molar-refractivity contribution in [2.24, 2.45) is 0 Å². The molecular weight excluding hydrogens is 173 g/mol. The Kier molecular flexibility index (Phi) is 4.15. The lowest BCUT2D eigenvalue weighted by Gasteiger charge is -2.25. The predicted molar refractivity (Wildman–Crippen MR) is 47.4 cm³/mol. The fourth-order valence-corrected chi connectivity index (χ4v) is 1.94. The maximum absolute atomic E-state index is 12.1. The van der Waals surface area contributed by atoms with E-state index in [4.69, 9.17) is 5.11 Å². The first-order chi connectivity index (χ1) is 6.24. The average molecular weight is 189 g/mol. The SMILES string of the molecule is O=C(O)CN(CCF)C1CCCC1. The minimum Gasteiger partial charge on any atom is -0.480 e. The molecule has 0 bridgehead atoms. The highest BCUT2D eigenvalue weighted by Gasteiger charge is 2.23. The van der Waals surface area contributed by atoms with Crippen molar-refractivity contribution in [1.82, 2.24) is 4.90 Å². The molecule has 0 spiro atoms. The van der Waals surface area contributed by atoms with Gasteiger partial charge in [0, 0.05) is 12.6 Å². The van der Waals surface area contributed by atoms with Crippen molar-refractivity contribution >= 4 is 5.97 Å². The van der Waals surface area contributed by atoms with Gasteiger partial charge in [-0.3, -0.25) is 9.69 Å². The number of aliphatic carboxylic acids is 1. The number of rotatable bonds is 5. The van der Waals surface area contributed by atoms with Crippen molar-refractivity contribution in [1.29, 1.82) is 0 Å². The minimum atomic E-state index is -0.861. The number of hydrogen-bond donors (Lipinski definition) is 1. The molecule has 1 rings (SSSR count). The van der Waals surface area contributed by atoms with E-state index in [-0.39, 0.29) is 13.1 Å². The molecule has 1 N–H and O–H groups in total. The number of carboxylic acids is 1. The van der Waals surface area contributed by atoms with Crippen LogP contribution in [0.5, 0.6) is 0 Å². The molecule has 0 aromatic heterocycles. The summed E-state index contributed by atoms with van der Waals surface area (Å²) < 4.78 is 12.1. The summed E-state index contributed by atoms with van der Waals surface area (Å²) in [4.78, 5) is 12.2. The summed E-state index contributed by atoms with van der Waals surface area (Å²) in [5.74, 6) is -0.861. The summed E-state index contributed by atoms with van der Waals surface area (Å²) in [7, 11) is 0. The Hall–Kier alpha value is -0.640. The quantitative estimate of drug-likeness (QED) is 0.708. The Morgan fingerprint density at radius 3 is 2.54 bits per heavy atom. The van der Waals surface area contributed by atoms with Gasteiger partial charge in [0.1, 0.15) is 6.67 Å². The molecule has 0 amide bonds. The highest BCUT2D eigenvalue weighted by atomic mass is 19.1. The zero-order chi connectivity index (χ0) is 9.68. The van der Waals surface area contributed by atoms with E-state index < -0.39 is 12.6 Å². The molecule has 3 nitrogen and oxygen atoms in total. The van der Waals surface area contributed by atoms with Crippen LogP contribution in [0.3, 0.4) is 0 Å². The number of hydrogen-bond acceptors (Lipinski definition) is 2. The van der Waals surface area contributed by atoms with Gasteiger partial charge in [-0.1, -0.05) is 12.8 Å². The molecular formula is C9H16FNO2. The summed E-state index contributed by atoms with van der Waals surface area (Å²) in [6, 6.07) is 0.298. The smallest absolute Gasteiger partial charge is 0.317 e. The zero-order valence-corrected chi connectivity index (χ0v) is 7.71. The highest BCUT2D eigenvalue weighted by Crippen LogP contribution is 2.22. The van der Waals surface area contributed by atoms with Crippen molar-refractivity contribution in [2.45, 2.75) is 31.7 Å². The Morgan fingerprint density at radius 2 is 2.08 bits per heavy atom. The molecule has 0 unspecified atom stereocenters. The van der Waals surface area contributed by atoms with E-state index in [1.165, 1.54) is 0 Å². The predicted octanol–water partition coefficient (Wildman–Crippen LogP) is 1.29. The fourth-order valence-electron chi connectivity index (χ4n) is 1.94. The topological polar surface area (TPSA) is 40.5 Å². The van der Waals surface area contributed by atoms with E-state index >= 15 is 0 Å². The summed E-state index contributed by atoms with van der Waals surface area (Å²) in [5.41, 5.74) is 0. The van der Waals surface area contributed by atoms with Crippen molar-refractivity contribution in [3.05, 3.63) is 0 Å². The van der Waals surface area contributed by atoms with Crippen LogP contribution in [0.15, 0.2) is 0 Å². The zero-order valence-electron chi connectivity index (χ0n) is 7.71. The molecule has 0 radical (unpaired) electrons. The van der Waals surface area contributed by atoms with E-state index in [1.807, 2.05) is 0 Å². The van der Waals surface area contributed by atoms with Crippen molar-refractivity contribution in [3.8, 4) is 0 Å². The summed E-state index contributed by atoms with van der Waals surface area (Å²) in [6.07, 6.45) is 4.33. The third-order valence-corrected chi connectivity index (χ3v) is 2.55. The molecule has 0 aliphatic heterocycles. The van der Waals surface area contributed by atoms with E-state index in [9.17, 15) is 9.18 Å². The second kappa shape index (κ2) is 5.17. The van der Waals surface area contributed by atoms with Crippen LogP contribution in [0.4, 0.5) is 4.39 Å². The van der Waals surface area contributed by atoms with E-state index in [0.717, 1.165) is 25.7 Å². The molecule has 0 heterocycles. The third-order valence-electron chi connectivity index (χ3n) is 2.55. The standard InChI is InChI=1S/C9H16FNO2/c10-5-6-11(7-9(12)13)8-3-1-2-4-8/h8H,1-7H2,(H,12,13). The van der Waals surface area contributed by atoms with Crippen LogP contribution in [-0.2, 0) is 4.79 Å². The van der Waals surface area contributed by atoms with Gasteiger partial charge in [0.05, 0.1) is 6.54 Å².